The molecule has 0 aromatic carbocycles. The lowest BCUT2D eigenvalue weighted by molar-refractivity contribution is -0.130. The number of carbonyl (C=O) groups excluding carboxylic acids is 3. The van der Waals surface area contributed by atoms with Crippen LogP contribution in [0.15, 0.2) is 0 Å². The summed E-state index contributed by atoms with van der Waals surface area (Å²) in [7, 11) is 3.70. The van der Waals surface area contributed by atoms with Crippen molar-refractivity contribution < 1.29 is 14.4 Å². The third-order valence-corrected chi connectivity index (χ3v) is 4.85. The Labute approximate surface area is 166 Å². The summed E-state index contributed by atoms with van der Waals surface area (Å²) in [6.45, 7) is 5.99. The first-order valence-corrected chi connectivity index (χ1v) is 10.6. The summed E-state index contributed by atoms with van der Waals surface area (Å²) in [5.41, 5.74) is 0. The van der Waals surface area contributed by atoms with Crippen LogP contribution in [0, 0.1) is 0 Å². The molecule has 0 aliphatic heterocycles. The topological polar surface area (TPSA) is 69.7 Å². The Balaban J connectivity index is 3.54. The van der Waals surface area contributed by atoms with Crippen molar-refractivity contribution in [1.82, 2.24) is 15.1 Å². The van der Waals surface area contributed by atoms with Gasteiger partial charge in [0.05, 0.1) is 0 Å². The molecular weight excluding hydrogens is 342 g/mol. The van der Waals surface area contributed by atoms with Crippen molar-refractivity contribution in [3.8, 4) is 0 Å². The van der Waals surface area contributed by atoms with E-state index in [1.54, 1.807) is 11.8 Å². The molecule has 0 unspecified atom stereocenters. The van der Waals surface area contributed by atoms with Crippen molar-refractivity contribution in [3.63, 3.8) is 0 Å². The molecule has 0 bridgehead atoms. The predicted octanol–water partition coefficient (Wildman–Crippen LogP) is 3.35. The van der Waals surface area contributed by atoms with E-state index in [4.69, 9.17) is 0 Å². The Morgan fingerprint density at radius 2 is 1.33 bits per heavy atom. The standard InChI is InChI=1S/C21H41N3O3/c1-5-6-14-20(26)22-16-11-9-10-15-21(27)24(4)18-13-8-7-12-17-23(3)19(2)25/h5-18H2,1-4H3,(H,22,26). The minimum Gasteiger partial charge on any atom is -0.356 e. The van der Waals surface area contributed by atoms with Gasteiger partial charge in [0, 0.05) is 53.5 Å². The molecule has 0 rings (SSSR count). The highest BCUT2D eigenvalue weighted by atomic mass is 16.2. The third-order valence-electron chi connectivity index (χ3n) is 4.85. The molecule has 0 saturated carbocycles. The van der Waals surface area contributed by atoms with Gasteiger partial charge in [-0.2, -0.15) is 0 Å². The molecule has 0 aromatic rings. The maximum atomic E-state index is 12.1. The average molecular weight is 384 g/mol. The summed E-state index contributed by atoms with van der Waals surface area (Å²) in [6, 6.07) is 0. The maximum Gasteiger partial charge on any atom is 0.222 e. The number of rotatable bonds is 16. The summed E-state index contributed by atoms with van der Waals surface area (Å²) < 4.78 is 0. The van der Waals surface area contributed by atoms with Gasteiger partial charge in [0.2, 0.25) is 17.7 Å². The van der Waals surface area contributed by atoms with Crippen molar-refractivity contribution in [2.45, 2.75) is 84.5 Å². The highest BCUT2D eigenvalue weighted by molar-refractivity contribution is 5.76. The van der Waals surface area contributed by atoms with Gasteiger partial charge in [0.25, 0.3) is 0 Å². The van der Waals surface area contributed by atoms with Crippen LogP contribution >= 0.6 is 0 Å². The smallest absolute Gasteiger partial charge is 0.222 e. The number of nitrogens with zero attached hydrogens (tertiary/aromatic N) is 2. The van der Waals surface area contributed by atoms with Gasteiger partial charge in [0.15, 0.2) is 0 Å². The second-order valence-corrected chi connectivity index (χ2v) is 7.43. The molecule has 27 heavy (non-hydrogen) atoms. The molecule has 158 valence electrons. The zero-order valence-electron chi connectivity index (χ0n) is 18.0. The molecule has 0 saturated heterocycles. The van der Waals surface area contributed by atoms with Crippen molar-refractivity contribution >= 4 is 17.7 Å². The Hall–Kier alpha value is -1.59. The lowest BCUT2D eigenvalue weighted by Gasteiger charge is -2.17. The predicted molar refractivity (Wildman–Crippen MR) is 110 cm³/mol. The molecule has 0 aliphatic rings. The zero-order valence-corrected chi connectivity index (χ0v) is 18.0. The minimum atomic E-state index is 0.110. The van der Waals surface area contributed by atoms with Gasteiger partial charge >= 0.3 is 0 Å². The number of carbonyl (C=O) groups is 3. The van der Waals surface area contributed by atoms with Crippen LogP contribution in [-0.2, 0) is 14.4 Å². The summed E-state index contributed by atoms with van der Waals surface area (Å²) in [4.78, 5) is 38.2. The van der Waals surface area contributed by atoms with Crippen LogP contribution in [0.3, 0.4) is 0 Å². The van der Waals surface area contributed by atoms with Gasteiger partial charge in [-0.3, -0.25) is 14.4 Å². The first-order valence-electron chi connectivity index (χ1n) is 10.6. The molecule has 0 fully saturated rings. The van der Waals surface area contributed by atoms with E-state index in [2.05, 4.69) is 12.2 Å². The lowest BCUT2D eigenvalue weighted by atomic mass is 10.1. The minimum absolute atomic E-state index is 0.110. The van der Waals surface area contributed by atoms with Gasteiger partial charge in [0.1, 0.15) is 0 Å². The first kappa shape index (κ1) is 25.4. The summed E-state index contributed by atoms with van der Waals surface area (Å²) >= 11 is 0. The van der Waals surface area contributed by atoms with E-state index in [1.165, 1.54) is 0 Å². The fraction of sp³-hybridized carbons (Fsp3) is 0.857. The molecule has 0 spiro atoms. The quantitative estimate of drug-likeness (QED) is 0.416. The van der Waals surface area contributed by atoms with Crippen LogP contribution in [0.4, 0.5) is 0 Å². The molecular formula is C21H41N3O3. The number of unbranched alkanes of at least 4 members (excludes halogenated alkanes) is 6. The summed E-state index contributed by atoms with van der Waals surface area (Å²) in [5, 5.41) is 2.93. The summed E-state index contributed by atoms with van der Waals surface area (Å²) in [5.74, 6) is 0.457. The monoisotopic (exact) mass is 383 g/mol. The highest BCUT2D eigenvalue weighted by Crippen LogP contribution is 2.06. The van der Waals surface area contributed by atoms with Crippen LogP contribution in [-0.4, -0.2) is 61.3 Å². The zero-order chi connectivity index (χ0) is 20.5. The first-order chi connectivity index (χ1) is 12.9. The van der Waals surface area contributed by atoms with Gasteiger partial charge in [-0.25, -0.2) is 0 Å². The Morgan fingerprint density at radius 1 is 0.741 bits per heavy atom. The Bertz CT molecular complexity index is 427. The fourth-order valence-corrected chi connectivity index (χ4v) is 2.76. The van der Waals surface area contributed by atoms with Crippen molar-refractivity contribution in [3.05, 3.63) is 0 Å². The number of hydrogen-bond donors (Lipinski definition) is 1. The molecule has 6 heteroatoms. The van der Waals surface area contributed by atoms with Crippen LogP contribution < -0.4 is 5.32 Å². The highest BCUT2D eigenvalue weighted by Gasteiger charge is 2.08. The third kappa shape index (κ3) is 15.2. The van der Waals surface area contributed by atoms with Gasteiger partial charge in [-0.1, -0.05) is 32.6 Å². The van der Waals surface area contributed by atoms with Gasteiger partial charge in [-0.05, 0) is 32.1 Å². The number of nitrogens with one attached hydrogen (secondary N) is 1. The molecule has 0 radical (unpaired) electrons. The number of amides is 3. The van der Waals surface area contributed by atoms with E-state index in [0.29, 0.717) is 19.4 Å². The van der Waals surface area contributed by atoms with E-state index < -0.39 is 0 Å². The van der Waals surface area contributed by atoms with Crippen molar-refractivity contribution in [2.24, 2.45) is 0 Å². The van der Waals surface area contributed by atoms with Gasteiger partial charge in [-0.15, -0.1) is 0 Å². The molecule has 0 aliphatic carbocycles. The SMILES string of the molecule is CCCCC(=O)NCCCCCC(=O)N(C)CCCCCCN(C)C(C)=O. The fourth-order valence-electron chi connectivity index (χ4n) is 2.76. The molecule has 1 N–H and O–H groups in total. The van der Waals surface area contributed by atoms with Crippen LogP contribution in [0.1, 0.15) is 84.5 Å². The maximum absolute atomic E-state index is 12.1. The normalized spacial score (nSPS) is 10.5. The van der Waals surface area contributed by atoms with E-state index in [-0.39, 0.29) is 17.7 Å². The second kappa shape index (κ2) is 16.6. The molecule has 6 nitrogen and oxygen atoms in total. The Morgan fingerprint density at radius 3 is 1.93 bits per heavy atom. The Kier molecular flexibility index (Phi) is 15.6. The molecule has 0 aromatic heterocycles. The van der Waals surface area contributed by atoms with E-state index in [0.717, 1.165) is 70.9 Å². The largest absolute Gasteiger partial charge is 0.356 e. The molecule has 3 amide bonds. The van der Waals surface area contributed by atoms with Crippen molar-refractivity contribution in [2.75, 3.05) is 33.7 Å². The number of hydrogen-bond acceptors (Lipinski definition) is 3. The molecule has 0 heterocycles. The van der Waals surface area contributed by atoms with E-state index >= 15 is 0 Å². The van der Waals surface area contributed by atoms with Crippen LogP contribution in [0.2, 0.25) is 0 Å². The summed E-state index contributed by atoms with van der Waals surface area (Å²) in [6.07, 6.45) is 10.2. The lowest BCUT2D eigenvalue weighted by Crippen LogP contribution is -2.27. The van der Waals surface area contributed by atoms with E-state index in [1.807, 2.05) is 19.0 Å². The average Bonchev–Trinajstić information content (AvgIpc) is 2.64. The van der Waals surface area contributed by atoms with E-state index in [9.17, 15) is 14.4 Å². The van der Waals surface area contributed by atoms with Gasteiger partial charge < -0.3 is 15.1 Å². The van der Waals surface area contributed by atoms with Crippen LogP contribution in [0.25, 0.3) is 0 Å². The molecule has 0 atom stereocenters. The van der Waals surface area contributed by atoms with Crippen molar-refractivity contribution in [1.29, 1.82) is 0 Å². The second-order valence-electron chi connectivity index (χ2n) is 7.43. The van der Waals surface area contributed by atoms with Crippen LogP contribution in [0.5, 0.6) is 0 Å².